The van der Waals surface area contributed by atoms with Gasteiger partial charge in [0.15, 0.2) is 11.0 Å². The van der Waals surface area contributed by atoms with Crippen molar-refractivity contribution in [2.45, 2.75) is 37.2 Å². The molecule has 0 saturated carbocycles. The van der Waals surface area contributed by atoms with Crippen LogP contribution >= 0.6 is 23.4 Å². The Hall–Kier alpha value is -2.51. The van der Waals surface area contributed by atoms with E-state index in [0.29, 0.717) is 34.5 Å². The lowest BCUT2D eigenvalue weighted by molar-refractivity contribution is -0.115. The molecule has 2 aromatic carbocycles. The Bertz CT molecular complexity index is 940. The summed E-state index contributed by atoms with van der Waals surface area (Å²) < 4.78 is 2.01. The molecule has 0 aliphatic carbocycles. The lowest BCUT2D eigenvalue weighted by Crippen LogP contribution is -2.25. The van der Waals surface area contributed by atoms with Crippen molar-refractivity contribution >= 4 is 40.6 Å². The van der Waals surface area contributed by atoms with Gasteiger partial charge >= 0.3 is 0 Å². The topological polar surface area (TPSA) is 85.8 Å². The minimum atomic E-state index is -0.288. The summed E-state index contributed by atoms with van der Waals surface area (Å²) in [6.07, 6.45) is 0.665. The quantitative estimate of drug-likeness (QED) is 0.431. The molecule has 0 aliphatic heterocycles. The number of nitrogens with two attached hydrogens (primary N) is 1. The fourth-order valence-electron chi connectivity index (χ4n) is 2.71. The van der Waals surface area contributed by atoms with E-state index in [-0.39, 0.29) is 11.2 Å². The molecule has 3 rings (SSSR count). The first kappa shape index (κ1) is 20.2. The fourth-order valence-corrected chi connectivity index (χ4v) is 3.86. The summed E-state index contributed by atoms with van der Waals surface area (Å²) in [5.74, 6) is 0.687. The van der Waals surface area contributed by atoms with Crippen LogP contribution in [-0.4, -0.2) is 25.9 Å². The Balaban J connectivity index is 1.78. The van der Waals surface area contributed by atoms with Gasteiger partial charge in [-0.15, -0.1) is 10.2 Å². The van der Waals surface area contributed by atoms with E-state index < -0.39 is 0 Å². The van der Waals surface area contributed by atoms with Gasteiger partial charge in [0.2, 0.25) is 5.91 Å². The number of anilines is 2. The number of halogens is 1. The van der Waals surface area contributed by atoms with Gasteiger partial charge in [-0.2, -0.15) is 0 Å². The monoisotopic (exact) mass is 415 g/mol. The highest BCUT2D eigenvalue weighted by Crippen LogP contribution is 2.29. The highest BCUT2D eigenvalue weighted by atomic mass is 35.5. The number of aromatic nitrogens is 3. The van der Waals surface area contributed by atoms with E-state index in [1.54, 1.807) is 24.3 Å². The lowest BCUT2D eigenvalue weighted by atomic mass is 10.2. The lowest BCUT2D eigenvalue weighted by Gasteiger charge is -2.15. The van der Waals surface area contributed by atoms with Crippen LogP contribution in [0.5, 0.6) is 0 Å². The van der Waals surface area contributed by atoms with Crippen molar-refractivity contribution < 1.29 is 4.79 Å². The second-order valence-corrected chi connectivity index (χ2v) is 7.79. The molecule has 0 aliphatic rings. The molecule has 28 heavy (non-hydrogen) atoms. The van der Waals surface area contributed by atoms with Gasteiger partial charge < -0.3 is 15.6 Å². The highest BCUT2D eigenvalue weighted by Gasteiger charge is 2.22. The summed E-state index contributed by atoms with van der Waals surface area (Å²) in [7, 11) is 0. The summed E-state index contributed by atoms with van der Waals surface area (Å²) in [6, 6.07) is 14.6. The van der Waals surface area contributed by atoms with Gasteiger partial charge in [-0.25, -0.2) is 0 Å². The number of thioether (sulfide) groups is 1. The van der Waals surface area contributed by atoms with Crippen LogP contribution in [0.25, 0.3) is 11.4 Å². The predicted molar refractivity (Wildman–Crippen MR) is 116 cm³/mol. The van der Waals surface area contributed by atoms with Crippen LogP contribution in [0.1, 0.15) is 20.3 Å². The van der Waals surface area contributed by atoms with Crippen LogP contribution in [0, 0.1) is 0 Å². The maximum absolute atomic E-state index is 12.7. The zero-order valence-corrected chi connectivity index (χ0v) is 17.3. The molecule has 8 heteroatoms. The Morgan fingerprint density at radius 3 is 2.43 bits per heavy atom. The molecular weight excluding hydrogens is 394 g/mol. The third-order valence-corrected chi connectivity index (χ3v) is 5.82. The number of nitrogens with zero attached hydrogens (tertiary/aromatic N) is 3. The maximum Gasteiger partial charge on any atom is 0.237 e. The molecule has 0 radical (unpaired) electrons. The van der Waals surface area contributed by atoms with Gasteiger partial charge in [-0.1, -0.05) is 30.3 Å². The average Bonchev–Trinajstić information content (AvgIpc) is 3.11. The van der Waals surface area contributed by atoms with Crippen molar-refractivity contribution in [1.29, 1.82) is 0 Å². The SMILES string of the molecule is CCC(Sc1nnc(-c2ccc(N)cc2)n1CC)C(=O)Nc1ccc(Cl)cc1. The van der Waals surface area contributed by atoms with Gasteiger partial charge in [0, 0.05) is 28.5 Å². The largest absolute Gasteiger partial charge is 0.399 e. The fraction of sp³-hybridized carbons (Fsp3) is 0.250. The van der Waals surface area contributed by atoms with Crippen molar-refractivity contribution in [3.63, 3.8) is 0 Å². The van der Waals surface area contributed by atoms with E-state index in [4.69, 9.17) is 17.3 Å². The van der Waals surface area contributed by atoms with E-state index >= 15 is 0 Å². The number of amides is 1. The molecule has 1 heterocycles. The molecule has 1 unspecified atom stereocenters. The second-order valence-electron chi connectivity index (χ2n) is 6.18. The number of rotatable bonds is 7. The Morgan fingerprint density at radius 1 is 1.14 bits per heavy atom. The van der Waals surface area contributed by atoms with Crippen LogP contribution in [0.3, 0.4) is 0 Å². The van der Waals surface area contributed by atoms with Gasteiger partial charge in [-0.05, 0) is 61.9 Å². The van der Waals surface area contributed by atoms with Gasteiger partial charge in [0.25, 0.3) is 0 Å². The molecule has 1 aromatic heterocycles. The molecule has 3 N–H and O–H groups in total. The number of nitrogen functional groups attached to an aromatic ring is 1. The van der Waals surface area contributed by atoms with Crippen molar-refractivity contribution in [2.75, 3.05) is 11.1 Å². The Morgan fingerprint density at radius 2 is 1.82 bits per heavy atom. The zero-order valence-electron chi connectivity index (χ0n) is 15.7. The van der Waals surface area contributed by atoms with Crippen LogP contribution in [-0.2, 0) is 11.3 Å². The molecule has 0 spiro atoms. The van der Waals surface area contributed by atoms with Gasteiger partial charge in [0.05, 0.1) is 5.25 Å². The zero-order chi connectivity index (χ0) is 20.1. The van der Waals surface area contributed by atoms with Crippen molar-refractivity contribution in [3.05, 3.63) is 53.6 Å². The molecule has 0 fully saturated rings. The number of hydrogen-bond donors (Lipinski definition) is 2. The highest BCUT2D eigenvalue weighted by molar-refractivity contribution is 8.00. The Labute approximate surface area is 173 Å². The number of carbonyl (C=O) groups is 1. The molecule has 0 bridgehead atoms. The summed E-state index contributed by atoms with van der Waals surface area (Å²) in [5, 5.41) is 12.6. The third kappa shape index (κ3) is 4.66. The summed E-state index contributed by atoms with van der Waals surface area (Å²) in [5.41, 5.74) is 8.13. The first-order valence-electron chi connectivity index (χ1n) is 9.04. The van der Waals surface area contributed by atoms with Crippen LogP contribution in [0.15, 0.2) is 53.7 Å². The molecule has 146 valence electrons. The average molecular weight is 416 g/mol. The van der Waals surface area contributed by atoms with Crippen LogP contribution in [0.4, 0.5) is 11.4 Å². The first-order chi connectivity index (χ1) is 13.5. The van der Waals surface area contributed by atoms with Crippen molar-refractivity contribution in [3.8, 4) is 11.4 Å². The van der Waals surface area contributed by atoms with Crippen LogP contribution in [0.2, 0.25) is 5.02 Å². The maximum atomic E-state index is 12.7. The predicted octanol–water partition coefficient (Wildman–Crippen LogP) is 4.71. The van der Waals surface area contributed by atoms with E-state index in [1.165, 1.54) is 11.8 Å². The van der Waals surface area contributed by atoms with Crippen molar-refractivity contribution in [2.24, 2.45) is 0 Å². The van der Waals surface area contributed by atoms with E-state index in [0.717, 1.165) is 11.4 Å². The number of carbonyl (C=O) groups excluding carboxylic acids is 1. The normalized spacial score (nSPS) is 12.0. The minimum Gasteiger partial charge on any atom is -0.399 e. The number of hydrogen-bond acceptors (Lipinski definition) is 5. The van der Waals surface area contributed by atoms with E-state index in [2.05, 4.69) is 15.5 Å². The van der Waals surface area contributed by atoms with Gasteiger partial charge in [-0.3, -0.25) is 4.79 Å². The first-order valence-corrected chi connectivity index (χ1v) is 10.3. The molecule has 3 aromatic rings. The molecular formula is C20H22ClN5OS. The third-order valence-electron chi connectivity index (χ3n) is 4.22. The molecule has 0 saturated heterocycles. The number of nitrogens with one attached hydrogen (secondary N) is 1. The van der Waals surface area contributed by atoms with Crippen LogP contribution < -0.4 is 11.1 Å². The second kappa shape index (κ2) is 9.12. The van der Waals surface area contributed by atoms with E-state index in [9.17, 15) is 4.79 Å². The van der Waals surface area contributed by atoms with Crippen molar-refractivity contribution in [1.82, 2.24) is 14.8 Å². The summed E-state index contributed by atoms with van der Waals surface area (Å²) in [4.78, 5) is 12.7. The number of benzene rings is 2. The molecule has 1 atom stereocenters. The Kier molecular flexibility index (Phi) is 6.59. The van der Waals surface area contributed by atoms with Gasteiger partial charge in [0.1, 0.15) is 0 Å². The smallest absolute Gasteiger partial charge is 0.237 e. The van der Waals surface area contributed by atoms with E-state index in [1.807, 2.05) is 42.7 Å². The molecule has 6 nitrogen and oxygen atoms in total. The minimum absolute atomic E-state index is 0.0745. The summed E-state index contributed by atoms with van der Waals surface area (Å²) >= 11 is 7.31. The standard InChI is InChI=1S/C20H22ClN5OS/c1-3-17(19(27)23-16-11-7-14(21)8-12-16)28-20-25-24-18(26(20)4-2)13-5-9-15(22)10-6-13/h5-12,17H,3-4,22H2,1-2H3,(H,23,27). The summed E-state index contributed by atoms with van der Waals surface area (Å²) in [6.45, 7) is 4.71. The molecule has 1 amide bonds.